The summed E-state index contributed by atoms with van der Waals surface area (Å²) in [6.45, 7) is 20.1. The first-order valence-electron chi connectivity index (χ1n) is 7.45. The van der Waals surface area contributed by atoms with Gasteiger partial charge < -0.3 is 0 Å². The van der Waals surface area contributed by atoms with Crippen LogP contribution in [-0.2, 0) is 5.41 Å². The second-order valence-corrected chi connectivity index (χ2v) is 7.17. The Morgan fingerprint density at radius 1 is 0.650 bits per heavy atom. The summed E-state index contributed by atoms with van der Waals surface area (Å²) in [4.78, 5) is 4.97. The minimum Gasteiger partial charge on any atom is -0.253 e. The van der Waals surface area contributed by atoms with Gasteiger partial charge in [0.25, 0.3) is 0 Å². The Morgan fingerprint density at radius 3 is 1.65 bits per heavy atom. The van der Waals surface area contributed by atoms with E-state index in [-0.39, 0.29) is 5.41 Å². The molecule has 0 atom stereocenters. The van der Waals surface area contributed by atoms with Crippen molar-refractivity contribution in [2.75, 3.05) is 0 Å². The first-order valence-corrected chi connectivity index (χ1v) is 7.45. The summed E-state index contributed by atoms with van der Waals surface area (Å²) in [6, 6.07) is 0. The van der Waals surface area contributed by atoms with Gasteiger partial charge in [-0.3, -0.25) is 4.98 Å². The average Bonchev–Trinajstić information content (AvgIpc) is 2.31. The number of aromatic nitrogens is 1. The summed E-state index contributed by atoms with van der Waals surface area (Å²) in [5, 5.41) is 1.36. The first kappa shape index (κ1) is 15.0. The van der Waals surface area contributed by atoms with Gasteiger partial charge in [0, 0.05) is 11.1 Å². The fourth-order valence-electron chi connectivity index (χ4n) is 3.62. The molecule has 2 aromatic rings. The lowest BCUT2D eigenvalue weighted by molar-refractivity contribution is 0.579. The van der Waals surface area contributed by atoms with Gasteiger partial charge in [-0.05, 0) is 80.3 Å². The maximum absolute atomic E-state index is 4.97. The van der Waals surface area contributed by atoms with Gasteiger partial charge in [0.05, 0.1) is 5.52 Å². The van der Waals surface area contributed by atoms with Gasteiger partial charge in [-0.1, -0.05) is 20.8 Å². The van der Waals surface area contributed by atoms with Crippen LogP contribution in [0.4, 0.5) is 0 Å². The standard InChI is InChI=1S/C19H27N/c1-10-11(2)13(4)18-16(12(10)3)14(5)17(15(6)20-18)19(7,8)9/h1-9H3. The van der Waals surface area contributed by atoms with Crippen LogP contribution in [0.25, 0.3) is 10.9 Å². The van der Waals surface area contributed by atoms with Crippen LogP contribution >= 0.6 is 0 Å². The van der Waals surface area contributed by atoms with Crippen molar-refractivity contribution in [1.29, 1.82) is 0 Å². The highest BCUT2D eigenvalue weighted by Crippen LogP contribution is 2.36. The van der Waals surface area contributed by atoms with E-state index in [1.165, 1.54) is 50.0 Å². The minimum atomic E-state index is 0.133. The smallest absolute Gasteiger partial charge is 0.0742 e. The topological polar surface area (TPSA) is 12.9 Å². The van der Waals surface area contributed by atoms with Crippen molar-refractivity contribution in [2.24, 2.45) is 0 Å². The predicted octanol–water partition coefficient (Wildman–Crippen LogP) is 5.38. The van der Waals surface area contributed by atoms with Crippen molar-refractivity contribution < 1.29 is 0 Å². The van der Waals surface area contributed by atoms with Crippen LogP contribution in [0.15, 0.2) is 0 Å². The highest BCUT2D eigenvalue weighted by molar-refractivity contribution is 5.91. The molecule has 0 unspecified atom stereocenters. The molecule has 0 saturated carbocycles. The molecule has 0 radical (unpaired) electrons. The third-order valence-electron chi connectivity index (χ3n) is 4.80. The van der Waals surface area contributed by atoms with Gasteiger partial charge in [0.1, 0.15) is 0 Å². The number of rotatable bonds is 0. The van der Waals surface area contributed by atoms with Crippen molar-refractivity contribution in [2.45, 2.75) is 67.7 Å². The van der Waals surface area contributed by atoms with E-state index < -0.39 is 0 Å². The number of nitrogens with zero attached hydrogens (tertiary/aromatic N) is 1. The molecule has 108 valence electrons. The lowest BCUT2D eigenvalue weighted by Crippen LogP contribution is -2.17. The van der Waals surface area contributed by atoms with E-state index in [0.29, 0.717) is 0 Å². The van der Waals surface area contributed by atoms with E-state index in [2.05, 4.69) is 62.3 Å². The molecule has 1 heterocycles. The molecule has 0 aliphatic heterocycles. The first-order chi connectivity index (χ1) is 9.07. The molecule has 0 aliphatic rings. The number of fused-ring (bicyclic) bond motifs is 1. The monoisotopic (exact) mass is 269 g/mol. The van der Waals surface area contributed by atoms with Crippen LogP contribution in [0.2, 0.25) is 0 Å². The van der Waals surface area contributed by atoms with Crippen molar-refractivity contribution >= 4 is 10.9 Å². The predicted molar refractivity (Wildman–Crippen MR) is 88.9 cm³/mol. The lowest BCUT2D eigenvalue weighted by atomic mass is 9.80. The molecular weight excluding hydrogens is 242 g/mol. The quantitative estimate of drug-likeness (QED) is 0.625. The van der Waals surface area contributed by atoms with Crippen LogP contribution in [0.5, 0.6) is 0 Å². The Morgan fingerprint density at radius 2 is 1.15 bits per heavy atom. The summed E-state index contributed by atoms with van der Waals surface area (Å²) in [5.41, 5.74) is 10.8. The zero-order valence-corrected chi connectivity index (χ0v) is 14.4. The molecule has 0 spiro atoms. The Labute approximate surface area is 123 Å². The summed E-state index contributed by atoms with van der Waals surface area (Å²) >= 11 is 0. The molecule has 1 heteroatoms. The van der Waals surface area contributed by atoms with Crippen molar-refractivity contribution in [3.05, 3.63) is 39.1 Å². The fourth-order valence-corrected chi connectivity index (χ4v) is 3.62. The van der Waals surface area contributed by atoms with E-state index in [4.69, 9.17) is 4.98 Å². The normalized spacial score (nSPS) is 12.2. The second-order valence-electron chi connectivity index (χ2n) is 7.17. The number of aryl methyl sites for hydroxylation is 4. The molecular formula is C19H27N. The summed E-state index contributed by atoms with van der Waals surface area (Å²) in [5.74, 6) is 0. The van der Waals surface area contributed by atoms with Crippen LogP contribution in [0.1, 0.15) is 59.8 Å². The van der Waals surface area contributed by atoms with E-state index >= 15 is 0 Å². The van der Waals surface area contributed by atoms with Crippen molar-refractivity contribution in [3.63, 3.8) is 0 Å². The highest BCUT2D eigenvalue weighted by Gasteiger charge is 2.23. The van der Waals surface area contributed by atoms with Crippen molar-refractivity contribution in [1.82, 2.24) is 4.98 Å². The van der Waals surface area contributed by atoms with Gasteiger partial charge >= 0.3 is 0 Å². The number of benzene rings is 1. The summed E-state index contributed by atoms with van der Waals surface area (Å²) in [7, 11) is 0. The average molecular weight is 269 g/mol. The molecule has 1 aromatic carbocycles. The maximum Gasteiger partial charge on any atom is 0.0742 e. The molecule has 0 bridgehead atoms. The van der Waals surface area contributed by atoms with Gasteiger partial charge in [-0.15, -0.1) is 0 Å². The SMILES string of the molecule is Cc1nc2c(C)c(C)c(C)c(C)c2c(C)c1C(C)(C)C. The molecule has 1 aromatic heterocycles. The number of hydrogen-bond donors (Lipinski definition) is 0. The third kappa shape index (κ3) is 2.04. The van der Waals surface area contributed by atoms with Crippen LogP contribution in [-0.4, -0.2) is 4.98 Å². The van der Waals surface area contributed by atoms with Gasteiger partial charge in [0.2, 0.25) is 0 Å². The van der Waals surface area contributed by atoms with Crippen molar-refractivity contribution in [3.8, 4) is 0 Å². The molecule has 0 saturated heterocycles. The Hall–Kier alpha value is -1.37. The Bertz CT molecular complexity index is 700. The molecule has 0 fully saturated rings. The zero-order valence-electron chi connectivity index (χ0n) is 14.4. The second kappa shape index (κ2) is 4.58. The van der Waals surface area contributed by atoms with Crippen LogP contribution in [0, 0.1) is 41.5 Å². The number of pyridine rings is 1. The van der Waals surface area contributed by atoms with E-state index in [1.807, 2.05) is 0 Å². The molecule has 20 heavy (non-hydrogen) atoms. The Balaban J connectivity index is 3.08. The maximum atomic E-state index is 4.97. The lowest BCUT2D eigenvalue weighted by Gasteiger charge is -2.26. The summed E-state index contributed by atoms with van der Waals surface area (Å²) < 4.78 is 0. The largest absolute Gasteiger partial charge is 0.253 e. The molecule has 0 amide bonds. The minimum absolute atomic E-state index is 0.133. The fraction of sp³-hybridized carbons (Fsp3) is 0.526. The van der Waals surface area contributed by atoms with Crippen LogP contribution in [0.3, 0.4) is 0 Å². The zero-order chi connectivity index (χ0) is 15.4. The molecule has 1 nitrogen and oxygen atoms in total. The number of hydrogen-bond acceptors (Lipinski definition) is 1. The third-order valence-corrected chi connectivity index (χ3v) is 4.80. The molecule has 0 aliphatic carbocycles. The highest BCUT2D eigenvalue weighted by atomic mass is 14.7. The van der Waals surface area contributed by atoms with E-state index in [0.717, 1.165) is 0 Å². The summed E-state index contributed by atoms with van der Waals surface area (Å²) in [6.07, 6.45) is 0. The van der Waals surface area contributed by atoms with Crippen LogP contribution < -0.4 is 0 Å². The van der Waals surface area contributed by atoms with Gasteiger partial charge in [0.15, 0.2) is 0 Å². The Kier molecular flexibility index (Phi) is 3.44. The van der Waals surface area contributed by atoms with Gasteiger partial charge in [-0.25, -0.2) is 0 Å². The van der Waals surface area contributed by atoms with E-state index in [9.17, 15) is 0 Å². The van der Waals surface area contributed by atoms with E-state index in [1.54, 1.807) is 0 Å². The van der Waals surface area contributed by atoms with Gasteiger partial charge in [-0.2, -0.15) is 0 Å². The molecule has 0 N–H and O–H groups in total. The molecule has 2 rings (SSSR count).